The maximum atomic E-state index is 12.1. The van der Waals surface area contributed by atoms with E-state index in [1.54, 1.807) is 12.3 Å². The Morgan fingerprint density at radius 3 is 2.67 bits per heavy atom. The Morgan fingerprint density at radius 1 is 1.24 bits per heavy atom. The van der Waals surface area contributed by atoms with E-state index in [-0.39, 0.29) is 11.9 Å². The van der Waals surface area contributed by atoms with E-state index < -0.39 is 0 Å². The van der Waals surface area contributed by atoms with E-state index in [0.717, 1.165) is 17.1 Å². The molecule has 1 aromatic carbocycles. The highest BCUT2D eigenvalue weighted by Crippen LogP contribution is 2.24. The van der Waals surface area contributed by atoms with Crippen molar-refractivity contribution < 1.29 is 9.21 Å². The van der Waals surface area contributed by atoms with Gasteiger partial charge >= 0.3 is 0 Å². The van der Waals surface area contributed by atoms with Crippen molar-refractivity contribution in [2.24, 2.45) is 0 Å². The largest absolute Gasteiger partial charge is 0.467 e. The summed E-state index contributed by atoms with van der Waals surface area (Å²) in [6.07, 6.45) is 1.59. The van der Waals surface area contributed by atoms with Crippen LogP contribution in [-0.2, 0) is 11.3 Å². The van der Waals surface area contributed by atoms with Crippen molar-refractivity contribution in [3.05, 3.63) is 48.4 Å². The van der Waals surface area contributed by atoms with Gasteiger partial charge in [-0.25, -0.2) is 0 Å². The highest BCUT2D eigenvalue weighted by Gasteiger charge is 2.14. The summed E-state index contributed by atoms with van der Waals surface area (Å²) < 4.78 is 5.19. The first kappa shape index (κ1) is 15.0. The van der Waals surface area contributed by atoms with Crippen molar-refractivity contribution >= 4 is 17.3 Å². The molecular weight excluding hydrogens is 266 g/mol. The number of rotatable bonds is 6. The molecule has 2 aromatic rings. The molecule has 0 spiro atoms. The highest BCUT2D eigenvalue weighted by atomic mass is 16.3. The molecule has 1 atom stereocenters. The third-order valence-corrected chi connectivity index (χ3v) is 3.17. The van der Waals surface area contributed by atoms with Gasteiger partial charge in [0.15, 0.2) is 0 Å². The van der Waals surface area contributed by atoms with E-state index >= 15 is 0 Å². The van der Waals surface area contributed by atoms with Crippen molar-refractivity contribution in [2.45, 2.75) is 19.5 Å². The molecule has 0 saturated heterocycles. The van der Waals surface area contributed by atoms with Crippen LogP contribution < -0.4 is 15.5 Å². The summed E-state index contributed by atoms with van der Waals surface area (Å²) in [5.74, 6) is 0.671. The standard InChI is InChI=1S/C16H21N3O2/c1-12(16(20)17-11-13-7-6-10-21-13)18-14-8-4-5-9-15(14)19(2)3/h4-10,12,18H,11H2,1-3H3,(H,17,20). The molecule has 0 fully saturated rings. The Morgan fingerprint density at radius 2 is 2.00 bits per heavy atom. The van der Waals surface area contributed by atoms with E-state index in [4.69, 9.17) is 4.42 Å². The topological polar surface area (TPSA) is 57.5 Å². The number of anilines is 2. The van der Waals surface area contributed by atoms with Crippen molar-refractivity contribution in [1.82, 2.24) is 5.32 Å². The number of furan rings is 1. The SMILES string of the molecule is CC(Nc1ccccc1N(C)C)C(=O)NCc1ccco1. The number of hydrogen-bond acceptors (Lipinski definition) is 4. The van der Waals surface area contributed by atoms with E-state index in [1.165, 1.54) is 0 Å². The van der Waals surface area contributed by atoms with E-state index in [2.05, 4.69) is 10.6 Å². The third-order valence-electron chi connectivity index (χ3n) is 3.17. The zero-order chi connectivity index (χ0) is 15.2. The van der Waals surface area contributed by atoms with Gasteiger partial charge in [0.2, 0.25) is 5.91 Å². The van der Waals surface area contributed by atoms with Crippen molar-refractivity contribution in [3.8, 4) is 0 Å². The lowest BCUT2D eigenvalue weighted by Gasteiger charge is -2.21. The van der Waals surface area contributed by atoms with E-state index in [1.807, 2.05) is 56.3 Å². The lowest BCUT2D eigenvalue weighted by Crippen LogP contribution is -2.37. The predicted molar refractivity (Wildman–Crippen MR) is 84.4 cm³/mol. The summed E-state index contributed by atoms with van der Waals surface area (Å²) in [5.41, 5.74) is 1.98. The van der Waals surface area contributed by atoms with Gasteiger partial charge in [-0.2, -0.15) is 0 Å². The molecule has 2 N–H and O–H groups in total. The molecular formula is C16H21N3O2. The maximum absolute atomic E-state index is 12.1. The molecule has 21 heavy (non-hydrogen) atoms. The van der Waals surface area contributed by atoms with Gasteiger partial charge in [0.1, 0.15) is 11.8 Å². The Kier molecular flexibility index (Phi) is 4.87. The Labute approximate surface area is 124 Å². The fourth-order valence-electron chi connectivity index (χ4n) is 2.02. The van der Waals surface area contributed by atoms with Gasteiger partial charge in [0, 0.05) is 14.1 Å². The van der Waals surface area contributed by atoms with Crippen molar-refractivity contribution in [1.29, 1.82) is 0 Å². The summed E-state index contributed by atoms with van der Waals surface area (Å²) in [6, 6.07) is 11.2. The summed E-state index contributed by atoms with van der Waals surface area (Å²) in [7, 11) is 3.95. The van der Waals surface area contributed by atoms with E-state index in [0.29, 0.717) is 6.54 Å². The number of nitrogens with one attached hydrogen (secondary N) is 2. The number of nitrogens with zero attached hydrogens (tertiary/aromatic N) is 1. The van der Waals surface area contributed by atoms with Gasteiger partial charge in [-0.05, 0) is 31.2 Å². The Bertz CT molecular complexity index is 579. The Balaban J connectivity index is 1.94. The monoisotopic (exact) mass is 287 g/mol. The van der Waals surface area contributed by atoms with Gasteiger partial charge in [0.25, 0.3) is 0 Å². The molecule has 0 aliphatic rings. The summed E-state index contributed by atoms with van der Waals surface area (Å²) >= 11 is 0. The van der Waals surface area contributed by atoms with E-state index in [9.17, 15) is 4.79 Å². The molecule has 5 nitrogen and oxygen atoms in total. The van der Waals surface area contributed by atoms with Gasteiger partial charge in [-0.15, -0.1) is 0 Å². The Hall–Kier alpha value is -2.43. The van der Waals surface area contributed by atoms with Crippen LogP contribution in [0.1, 0.15) is 12.7 Å². The average Bonchev–Trinajstić information content (AvgIpc) is 2.98. The zero-order valence-electron chi connectivity index (χ0n) is 12.6. The second-order valence-electron chi connectivity index (χ2n) is 5.07. The molecule has 2 rings (SSSR count). The number of benzene rings is 1. The summed E-state index contributed by atoms with van der Waals surface area (Å²) in [6.45, 7) is 2.23. The number of hydrogen-bond donors (Lipinski definition) is 2. The minimum Gasteiger partial charge on any atom is -0.467 e. The van der Waals surface area contributed by atoms with Gasteiger partial charge in [-0.3, -0.25) is 4.79 Å². The van der Waals surface area contributed by atoms with Gasteiger partial charge in [-0.1, -0.05) is 12.1 Å². The predicted octanol–water partition coefficient (Wildman–Crippen LogP) is 2.46. The first-order valence-corrected chi connectivity index (χ1v) is 6.91. The number of para-hydroxylation sites is 2. The molecule has 1 heterocycles. The van der Waals surface area contributed by atoms with Crippen LogP contribution in [0.3, 0.4) is 0 Å². The normalized spacial score (nSPS) is 11.8. The second kappa shape index (κ2) is 6.83. The van der Waals surface area contributed by atoms with Crippen LogP contribution >= 0.6 is 0 Å². The molecule has 0 aliphatic carbocycles. The first-order chi connectivity index (χ1) is 10.1. The molecule has 0 radical (unpaired) electrons. The highest BCUT2D eigenvalue weighted by molar-refractivity contribution is 5.85. The number of amides is 1. The fourth-order valence-corrected chi connectivity index (χ4v) is 2.02. The van der Waals surface area contributed by atoms with Crippen LogP contribution in [0.4, 0.5) is 11.4 Å². The van der Waals surface area contributed by atoms with Crippen LogP contribution in [0.15, 0.2) is 47.1 Å². The molecule has 1 aromatic heterocycles. The van der Waals surface area contributed by atoms with Crippen LogP contribution in [0, 0.1) is 0 Å². The summed E-state index contributed by atoms with van der Waals surface area (Å²) in [4.78, 5) is 14.1. The van der Waals surface area contributed by atoms with Crippen LogP contribution in [-0.4, -0.2) is 26.0 Å². The average molecular weight is 287 g/mol. The third kappa shape index (κ3) is 4.02. The minimum absolute atomic E-state index is 0.0695. The lowest BCUT2D eigenvalue weighted by atomic mass is 10.2. The maximum Gasteiger partial charge on any atom is 0.242 e. The smallest absolute Gasteiger partial charge is 0.242 e. The molecule has 5 heteroatoms. The minimum atomic E-state index is -0.332. The van der Waals surface area contributed by atoms with Crippen molar-refractivity contribution in [3.63, 3.8) is 0 Å². The molecule has 1 unspecified atom stereocenters. The molecule has 0 bridgehead atoms. The van der Waals surface area contributed by atoms with Crippen LogP contribution in [0.25, 0.3) is 0 Å². The molecule has 0 saturated carbocycles. The van der Waals surface area contributed by atoms with Crippen LogP contribution in [0.2, 0.25) is 0 Å². The zero-order valence-corrected chi connectivity index (χ0v) is 12.6. The van der Waals surface area contributed by atoms with Crippen molar-refractivity contribution in [2.75, 3.05) is 24.3 Å². The molecule has 1 amide bonds. The fraction of sp³-hybridized carbons (Fsp3) is 0.312. The van der Waals surface area contributed by atoms with Crippen LogP contribution in [0.5, 0.6) is 0 Å². The number of carbonyl (C=O) groups excluding carboxylic acids is 1. The molecule has 0 aliphatic heterocycles. The van der Waals surface area contributed by atoms with Gasteiger partial charge in [0.05, 0.1) is 24.2 Å². The second-order valence-corrected chi connectivity index (χ2v) is 5.07. The first-order valence-electron chi connectivity index (χ1n) is 6.91. The number of carbonyl (C=O) groups is 1. The summed E-state index contributed by atoms with van der Waals surface area (Å²) in [5, 5.41) is 6.08. The quantitative estimate of drug-likeness (QED) is 0.857. The molecule has 112 valence electrons. The van der Waals surface area contributed by atoms with Gasteiger partial charge < -0.3 is 20.0 Å². The lowest BCUT2D eigenvalue weighted by molar-refractivity contribution is -0.121.